The normalized spacial score (nSPS) is 11.9. The van der Waals surface area contributed by atoms with Crippen molar-refractivity contribution in [3.05, 3.63) is 54.6 Å². The van der Waals surface area contributed by atoms with Crippen molar-refractivity contribution >= 4 is 0 Å². The molecule has 0 bridgehead atoms. The van der Waals surface area contributed by atoms with E-state index >= 15 is 0 Å². The van der Waals surface area contributed by atoms with E-state index in [0.717, 1.165) is 13.0 Å². The summed E-state index contributed by atoms with van der Waals surface area (Å²) in [7, 11) is 0. The molecule has 1 heterocycles. The van der Waals surface area contributed by atoms with Crippen LogP contribution in [0.2, 0.25) is 0 Å². The molecule has 0 radical (unpaired) electrons. The zero-order valence-corrected chi connectivity index (χ0v) is 22.9. The summed E-state index contributed by atoms with van der Waals surface area (Å²) < 4.78 is 4.79. The second kappa shape index (κ2) is 17.8. The van der Waals surface area contributed by atoms with E-state index in [2.05, 4.69) is 79.0 Å². The molecule has 1 aromatic heterocycles. The van der Waals surface area contributed by atoms with Crippen LogP contribution < -0.4 is 4.57 Å². The van der Waals surface area contributed by atoms with Crippen LogP contribution >= 0.6 is 0 Å². The lowest BCUT2D eigenvalue weighted by atomic mass is 9.95. The molecule has 192 valence electrons. The lowest BCUT2D eigenvalue weighted by Crippen LogP contribution is -2.33. The second-order valence-corrected chi connectivity index (χ2v) is 11.2. The van der Waals surface area contributed by atoms with Crippen LogP contribution in [0.4, 0.5) is 0 Å². The molecular weight excluding hydrogens is 412 g/mol. The molecule has 0 saturated heterocycles. The van der Waals surface area contributed by atoms with Gasteiger partial charge < -0.3 is 0 Å². The Labute approximate surface area is 212 Å². The summed E-state index contributed by atoms with van der Waals surface area (Å²) in [6, 6.07) is 10.8. The maximum Gasteiger partial charge on any atom is 0.244 e. The van der Waals surface area contributed by atoms with Crippen LogP contribution in [0.25, 0.3) is 0 Å². The van der Waals surface area contributed by atoms with Crippen LogP contribution in [0, 0.1) is 0 Å². The molecule has 2 rings (SSSR count). The number of nitrogens with zero attached hydrogens (tertiary/aromatic N) is 2. The fraction of sp³-hybridized carbons (Fsp3) is 0.719. The Morgan fingerprint density at radius 1 is 0.676 bits per heavy atom. The predicted molar refractivity (Wildman–Crippen MR) is 148 cm³/mol. The highest BCUT2D eigenvalue weighted by Crippen LogP contribution is 2.23. The predicted octanol–water partition coefficient (Wildman–Crippen LogP) is 9.41. The van der Waals surface area contributed by atoms with Crippen molar-refractivity contribution in [3.8, 4) is 0 Å². The van der Waals surface area contributed by atoms with Gasteiger partial charge in [0.15, 0.2) is 0 Å². The van der Waals surface area contributed by atoms with Gasteiger partial charge in [0.1, 0.15) is 17.9 Å². The summed E-state index contributed by atoms with van der Waals surface area (Å²) in [6.45, 7) is 8.18. The Hall–Kier alpha value is -1.57. The van der Waals surface area contributed by atoms with E-state index in [9.17, 15) is 0 Å². The van der Waals surface area contributed by atoms with E-state index < -0.39 is 0 Å². The first kappa shape index (κ1) is 28.7. The standard InChI is InChI=1S/C32H55N2/c1-4-5-6-7-8-9-10-11-12-13-14-15-16-17-21-26-32(2,3)34-29-28-33(30-34)27-22-25-31-23-19-18-20-24-31/h18-20,23-24,28-30H,4-17,21-22,25-27H2,1-3H3/q+1. The molecule has 2 nitrogen and oxygen atoms in total. The molecule has 0 unspecified atom stereocenters. The smallest absolute Gasteiger partial charge is 0.237 e. The van der Waals surface area contributed by atoms with E-state index in [-0.39, 0.29) is 5.54 Å². The zero-order valence-electron chi connectivity index (χ0n) is 22.9. The van der Waals surface area contributed by atoms with Gasteiger partial charge in [0.05, 0.1) is 6.54 Å². The molecule has 0 aliphatic rings. The zero-order chi connectivity index (χ0) is 24.3. The minimum atomic E-state index is 0.210. The van der Waals surface area contributed by atoms with Crippen molar-refractivity contribution in [1.29, 1.82) is 0 Å². The van der Waals surface area contributed by atoms with Gasteiger partial charge in [0.25, 0.3) is 0 Å². The molecule has 0 aliphatic carbocycles. The van der Waals surface area contributed by atoms with Gasteiger partial charge in [-0.2, -0.15) is 0 Å². The van der Waals surface area contributed by atoms with Gasteiger partial charge in [0, 0.05) is 0 Å². The summed E-state index contributed by atoms with van der Waals surface area (Å²) in [4.78, 5) is 0. The molecule has 0 saturated carbocycles. The molecule has 2 aromatic rings. The maximum absolute atomic E-state index is 2.43. The van der Waals surface area contributed by atoms with Crippen LogP contribution in [0.1, 0.15) is 135 Å². The van der Waals surface area contributed by atoms with Crippen LogP contribution in [0.3, 0.4) is 0 Å². The molecule has 0 fully saturated rings. The van der Waals surface area contributed by atoms with E-state index in [1.807, 2.05) is 0 Å². The van der Waals surface area contributed by atoms with Gasteiger partial charge in [-0.25, -0.2) is 9.13 Å². The summed E-state index contributed by atoms with van der Waals surface area (Å²) in [5.74, 6) is 0. The minimum Gasteiger partial charge on any atom is -0.237 e. The SMILES string of the molecule is CCCCCCCCCCCCCCCCCC(C)(C)n1cc[n+](CCCc2ccccc2)c1. The molecule has 0 N–H and O–H groups in total. The third-order valence-electron chi connectivity index (χ3n) is 7.51. The fourth-order valence-electron chi connectivity index (χ4n) is 5.05. The first-order valence-corrected chi connectivity index (χ1v) is 14.7. The number of imidazole rings is 1. The van der Waals surface area contributed by atoms with Crippen molar-refractivity contribution in [2.75, 3.05) is 0 Å². The quantitative estimate of drug-likeness (QED) is 0.128. The van der Waals surface area contributed by atoms with Crippen molar-refractivity contribution < 1.29 is 4.57 Å². The topological polar surface area (TPSA) is 8.81 Å². The van der Waals surface area contributed by atoms with Gasteiger partial charge in [-0.3, -0.25) is 0 Å². The monoisotopic (exact) mass is 467 g/mol. The number of unbranched alkanes of at least 4 members (excludes halogenated alkanes) is 14. The van der Waals surface area contributed by atoms with E-state index in [1.54, 1.807) is 0 Å². The Bertz CT molecular complexity index is 716. The lowest BCUT2D eigenvalue weighted by molar-refractivity contribution is -0.697. The fourth-order valence-corrected chi connectivity index (χ4v) is 5.05. The molecule has 2 heteroatoms. The molecule has 0 atom stereocenters. The Morgan fingerprint density at radius 2 is 1.21 bits per heavy atom. The highest BCUT2D eigenvalue weighted by atomic mass is 15.1. The number of rotatable bonds is 21. The van der Waals surface area contributed by atoms with Crippen molar-refractivity contribution in [3.63, 3.8) is 0 Å². The van der Waals surface area contributed by atoms with Crippen molar-refractivity contribution in [2.24, 2.45) is 0 Å². The largest absolute Gasteiger partial charge is 0.244 e. The highest BCUT2D eigenvalue weighted by molar-refractivity contribution is 5.14. The average molecular weight is 468 g/mol. The average Bonchev–Trinajstić information content (AvgIpc) is 3.32. The summed E-state index contributed by atoms with van der Waals surface area (Å²) in [5, 5.41) is 0. The second-order valence-electron chi connectivity index (χ2n) is 11.2. The summed E-state index contributed by atoms with van der Waals surface area (Å²) in [6.07, 6.45) is 32.0. The third kappa shape index (κ3) is 12.8. The Balaban J connectivity index is 1.45. The molecule has 34 heavy (non-hydrogen) atoms. The Kier molecular flexibility index (Phi) is 15.0. The minimum absolute atomic E-state index is 0.210. The molecule has 0 spiro atoms. The van der Waals surface area contributed by atoms with Gasteiger partial charge >= 0.3 is 0 Å². The Morgan fingerprint density at radius 3 is 1.76 bits per heavy atom. The van der Waals surface area contributed by atoms with Crippen molar-refractivity contribution in [1.82, 2.24) is 4.57 Å². The molecule has 0 aliphatic heterocycles. The van der Waals surface area contributed by atoms with Crippen molar-refractivity contribution in [2.45, 2.75) is 148 Å². The number of benzene rings is 1. The first-order chi connectivity index (χ1) is 16.6. The van der Waals surface area contributed by atoms with Gasteiger partial charge in [-0.15, -0.1) is 0 Å². The summed E-state index contributed by atoms with van der Waals surface area (Å²) in [5.41, 5.74) is 1.65. The number of hydrogen-bond acceptors (Lipinski definition) is 0. The van der Waals surface area contributed by atoms with Gasteiger partial charge in [0.2, 0.25) is 6.33 Å². The number of aromatic nitrogens is 2. The summed E-state index contributed by atoms with van der Waals surface area (Å²) >= 11 is 0. The number of hydrogen-bond donors (Lipinski definition) is 0. The maximum atomic E-state index is 2.43. The molecular formula is C32H55N2+. The van der Waals surface area contributed by atoms with Crippen LogP contribution in [-0.2, 0) is 18.5 Å². The van der Waals surface area contributed by atoms with E-state index in [0.29, 0.717) is 0 Å². The van der Waals surface area contributed by atoms with Gasteiger partial charge in [-0.05, 0) is 45.1 Å². The van der Waals surface area contributed by atoms with Crippen LogP contribution in [-0.4, -0.2) is 4.57 Å². The van der Waals surface area contributed by atoms with E-state index in [4.69, 9.17) is 0 Å². The number of aryl methyl sites for hydroxylation is 2. The van der Waals surface area contributed by atoms with Crippen LogP contribution in [0.15, 0.2) is 49.1 Å². The highest BCUT2D eigenvalue weighted by Gasteiger charge is 2.25. The first-order valence-electron chi connectivity index (χ1n) is 14.7. The van der Waals surface area contributed by atoms with Gasteiger partial charge in [-0.1, -0.05) is 127 Å². The van der Waals surface area contributed by atoms with Crippen LogP contribution in [0.5, 0.6) is 0 Å². The lowest BCUT2D eigenvalue weighted by Gasteiger charge is -2.21. The molecule has 1 aromatic carbocycles. The third-order valence-corrected chi connectivity index (χ3v) is 7.51. The van der Waals surface area contributed by atoms with E-state index in [1.165, 1.54) is 115 Å². The molecule has 0 amide bonds.